The maximum atomic E-state index is 6.24. The maximum absolute atomic E-state index is 6.24. The van der Waals surface area contributed by atoms with E-state index in [1.807, 2.05) is 12.1 Å². The van der Waals surface area contributed by atoms with Gasteiger partial charge in [-0.3, -0.25) is 0 Å². The van der Waals surface area contributed by atoms with E-state index < -0.39 is 0 Å². The van der Waals surface area contributed by atoms with Crippen molar-refractivity contribution in [3.63, 3.8) is 0 Å². The Labute approximate surface area is 94.8 Å². The molecule has 2 saturated heterocycles. The zero-order valence-corrected chi connectivity index (χ0v) is 9.24. The normalized spacial score (nSPS) is 38.5. The van der Waals surface area contributed by atoms with E-state index in [0.717, 1.165) is 5.02 Å². The smallest absolute Gasteiger partial charge is 0.0408 e. The van der Waals surface area contributed by atoms with Crippen molar-refractivity contribution in [2.75, 3.05) is 0 Å². The van der Waals surface area contributed by atoms with Crippen LogP contribution in [-0.4, -0.2) is 18.1 Å². The summed E-state index contributed by atoms with van der Waals surface area (Å²) in [6.07, 6.45) is 2.47. The number of benzene rings is 1. The first kappa shape index (κ1) is 9.64. The van der Waals surface area contributed by atoms with Crippen LogP contribution in [0.2, 0.25) is 5.02 Å². The highest BCUT2D eigenvalue weighted by molar-refractivity contribution is 6.30. The van der Waals surface area contributed by atoms with Gasteiger partial charge in [0.05, 0.1) is 0 Å². The summed E-state index contributed by atoms with van der Waals surface area (Å²) in [6.45, 7) is 0. The molecule has 2 aliphatic heterocycles. The van der Waals surface area contributed by atoms with E-state index >= 15 is 0 Å². The zero-order chi connectivity index (χ0) is 10.4. The maximum Gasteiger partial charge on any atom is 0.0408 e. The number of rotatable bonds is 1. The molecule has 0 radical (unpaired) electrons. The minimum Gasteiger partial charge on any atom is -0.326 e. The van der Waals surface area contributed by atoms with Crippen LogP contribution in [0.1, 0.15) is 24.3 Å². The molecule has 2 aliphatic rings. The fourth-order valence-electron chi connectivity index (χ4n) is 3.07. The lowest BCUT2D eigenvalue weighted by Gasteiger charge is -2.26. The van der Waals surface area contributed by atoms with Gasteiger partial charge in [-0.05, 0) is 30.5 Å². The summed E-state index contributed by atoms with van der Waals surface area (Å²) in [6, 6.07) is 9.44. The highest BCUT2D eigenvalue weighted by Gasteiger charge is 2.45. The van der Waals surface area contributed by atoms with E-state index in [0.29, 0.717) is 18.0 Å². The molecule has 0 spiro atoms. The highest BCUT2D eigenvalue weighted by Crippen LogP contribution is 2.39. The van der Waals surface area contributed by atoms with E-state index in [4.69, 9.17) is 17.3 Å². The molecule has 2 nitrogen and oxygen atoms in total. The van der Waals surface area contributed by atoms with Gasteiger partial charge in [-0.15, -0.1) is 0 Å². The molecule has 3 heteroatoms. The van der Waals surface area contributed by atoms with E-state index in [9.17, 15) is 0 Å². The van der Waals surface area contributed by atoms with Gasteiger partial charge in [0.25, 0.3) is 0 Å². The molecular formula is C12H15ClN2. The first-order valence-corrected chi connectivity index (χ1v) is 5.90. The number of hydrogen-bond acceptors (Lipinski definition) is 2. The van der Waals surface area contributed by atoms with Crippen molar-refractivity contribution in [2.24, 2.45) is 5.73 Å². The van der Waals surface area contributed by atoms with Gasteiger partial charge in [-0.2, -0.15) is 0 Å². The number of nitrogens with two attached hydrogens (primary N) is 1. The summed E-state index contributed by atoms with van der Waals surface area (Å²) in [5, 5.41) is 4.39. The molecular weight excluding hydrogens is 208 g/mol. The lowest BCUT2D eigenvalue weighted by molar-refractivity contribution is 0.444. The Balaban J connectivity index is 1.94. The van der Waals surface area contributed by atoms with Gasteiger partial charge in [0.15, 0.2) is 0 Å². The SMILES string of the molecule is NC1C2CCC(N2)C1c1cccc(Cl)c1. The second-order valence-electron chi connectivity index (χ2n) is 4.62. The lowest BCUT2D eigenvalue weighted by Crippen LogP contribution is -2.38. The number of fused-ring (bicyclic) bond motifs is 2. The highest BCUT2D eigenvalue weighted by atomic mass is 35.5. The summed E-state index contributed by atoms with van der Waals surface area (Å²) in [5.41, 5.74) is 7.53. The molecule has 3 N–H and O–H groups in total. The third-order valence-electron chi connectivity index (χ3n) is 3.76. The molecule has 2 bridgehead atoms. The minimum absolute atomic E-state index is 0.252. The van der Waals surface area contributed by atoms with Gasteiger partial charge < -0.3 is 11.1 Å². The van der Waals surface area contributed by atoms with E-state index in [1.165, 1.54) is 18.4 Å². The predicted octanol–water partition coefficient (Wildman–Crippen LogP) is 1.89. The van der Waals surface area contributed by atoms with Gasteiger partial charge in [0, 0.05) is 29.1 Å². The van der Waals surface area contributed by atoms with Gasteiger partial charge >= 0.3 is 0 Å². The molecule has 15 heavy (non-hydrogen) atoms. The Morgan fingerprint density at radius 2 is 2.07 bits per heavy atom. The minimum atomic E-state index is 0.252. The fraction of sp³-hybridized carbons (Fsp3) is 0.500. The predicted molar refractivity (Wildman–Crippen MR) is 62.1 cm³/mol. The van der Waals surface area contributed by atoms with Crippen LogP contribution in [0.3, 0.4) is 0 Å². The van der Waals surface area contributed by atoms with Crippen molar-refractivity contribution in [1.29, 1.82) is 0 Å². The second-order valence-corrected chi connectivity index (χ2v) is 5.05. The van der Waals surface area contributed by atoms with E-state index in [-0.39, 0.29) is 6.04 Å². The van der Waals surface area contributed by atoms with Gasteiger partial charge in [-0.1, -0.05) is 23.7 Å². The lowest BCUT2D eigenvalue weighted by atomic mass is 9.80. The third kappa shape index (κ3) is 1.48. The van der Waals surface area contributed by atoms with Crippen molar-refractivity contribution < 1.29 is 0 Å². The molecule has 0 saturated carbocycles. The van der Waals surface area contributed by atoms with Crippen LogP contribution >= 0.6 is 11.6 Å². The van der Waals surface area contributed by atoms with Crippen molar-refractivity contribution in [2.45, 2.75) is 36.9 Å². The van der Waals surface area contributed by atoms with Crippen molar-refractivity contribution in [1.82, 2.24) is 5.32 Å². The molecule has 4 atom stereocenters. The molecule has 0 aromatic heterocycles. The molecule has 0 aliphatic carbocycles. The first-order chi connectivity index (χ1) is 7.25. The summed E-state index contributed by atoms with van der Waals surface area (Å²) in [5.74, 6) is 0.447. The average Bonchev–Trinajstić information content (AvgIpc) is 2.77. The monoisotopic (exact) mass is 222 g/mol. The Bertz CT molecular complexity index is 378. The fourth-order valence-corrected chi connectivity index (χ4v) is 3.27. The Morgan fingerprint density at radius 1 is 1.27 bits per heavy atom. The van der Waals surface area contributed by atoms with Crippen LogP contribution in [0.4, 0.5) is 0 Å². The molecule has 1 aromatic carbocycles. The zero-order valence-electron chi connectivity index (χ0n) is 8.49. The first-order valence-electron chi connectivity index (χ1n) is 5.53. The van der Waals surface area contributed by atoms with Crippen LogP contribution in [0.25, 0.3) is 0 Å². The summed E-state index contributed by atoms with van der Waals surface area (Å²) in [4.78, 5) is 0. The summed E-state index contributed by atoms with van der Waals surface area (Å²) >= 11 is 6.01. The van der Waals surface area contributed by atoms with Crippen LogP contribution in [0.15, 0.2) is 24.3 Å². The Hall–Kier alpha value is -0.570. The van der Waals surface area contributed by atoms with Crippen LogP contribution in [0.5, 0.6) is 0 Å². The van der Waals surface area contributed by atoms with E-state index in [1.54, 1.807) is 0 Å². The van der Waals surface area contributed by atoms with Crippen LogP contribution in [0, 0.1) is 0 Å². The molecule has 0 amide bonds. The van der Waals surface area contributed by atoms with Crippen LogP contribution in [-0.2, 0) is 0 Å². The molecule has 80 valence electrons. The topological polar surface area (TPSA) is 38.0 Å². The molecule has 3 rings (SSSR count). The number of halogens is 1. The van der Waals surface area contributed by atoms with Crippen LogP contribution < -0.4 is 11.1 Å². The molecule has 4 unspecified atom stereocenters. The third-order valence-corrected chi connectivity index (χ3v) is 4.00. The van der Waals surface area contributed by atoms with E-state index in [2.05, 4.69) is 17.4 Å². The Morgan fingerprint density at radius 3 is 2.73 bits per heavy atom. The Kier molecular flexibility index (Phi) is 2.23. The number of nitrogens with one attached hydrogen (secondary N) is 1. The standard InChI is InChI=1S/C12H15ClN2/c13-8-3-1-2-7(6-8)11-9-4-5-10(15-9)12(11)14/h1-3,6,9-12,15H,4-5,14H2. The van der Waals surface area contributed by atoms with Gasteiger partial charge in [0.1, 0.15) is 0 Å². The summed E-state index contributed by atoms with van der Waals surface area (Å²) < 4.78 is 0. The number of hydrogen-bond donors (Lipinski definition) is 2. The average molecular weight is 223 g/mol. The van der Waals surface area contributed by atoms with Crippen molar-refractivity contribution >= 4 is 11.6 Å². The van der Waals surface area contributed by atoms with Gasteiger partial charge in [0.2, 0.25) is 0 Å². The molecule has 2 heterocycles. The molecule has 1 aromatic rings. The quantitative estimate of drug-likeness (QED) is 0.762. The largest absolute Gasteiger partial charge is 0.326 e. The molecule has 2 fully saturated rings. The van der Waals surface area contributed by atoms with Gasteiger partial charge in [-0.25, -0.2) is 0 Å². The van der Waals surface area contributed by atoms with Crippen molar-refractivity contribution in [3.8, 4) is 0 Å². The van der Waals surface area contributed by atoms with Crippen molar-refractivity contribution in [3.05, 3.63) is 34.9 Å². The summed E-state index contributed by atoms with van der Waals surface area (Å²) in [7, 11) is 0. The second kappa shape index (κ2) is 3.48.